The summed E-state index contributed by atoms with van der Waals surface area (Å²) in [6.07, 6.45) is 3.14. The van der Waals surface area contributed by atoms with Gasteiger partial charge in [-0.2, -0.15) is 0 Å². The van der Waals surface area contributed by atoms with Gasteiger partial charge in [0.15, 0.2) is 0 Å². The Balaban J connectivity index is 4.61. The summed E-state index contributed by atoms with van der Waals surface area (Å²) >= 11 is 0. The van der Waals surface area contributed by atoms with Crippen LogP contribution in [0.1, 0.15) is 13.8 Å². The quantitative estimate of drug-likeness (QED) is 0.287. The maximum Gasteiger partial charge on any atom is 0.338 e. The number of esters is 1. The number of nitrogens with zero attached hydrogens (tertiary/aromatic N) is 1. The maximum atomic E-state index is 11.3. The maximum absolute atomic E-state index is 11.3. The highest BCUT2D eigenvalue weighted by molar-refractivity contribution is 5.97. The van der Waals surface area contributed by atoms with E-state index >= 15 is 0 Å². The largest absolute Gasteiger partial charge is 0.462 e. The van der Waals surface area contributed by atoms with Gasteiger partial charge in [-0.1, -0.05) is 6.58 Å². The molecule has 72 valence electrons. The van der Waals surface area contributed by atoms with E-state index in [1.54, 1.807) is 33.2 Å². The predicted octanol–water partition coefficient (Wildman–Crippen LogP) is 1.75. The van der Waals surface area contributed by atoms with Crippen LogP contribution in [0.2, 0.25) is 0 Å². The standard InChI is InChI=1S/C10H15NO2/c1-5-13-10(12)9(8(2)3)6-7-11-4/h6-7H,2,5H2,1,3-4H3/b9-6+,11-7?. The van der Waals surface area contributed by atoms with Crippen molar-refractivity contribution in [1.82, 2.24) is 0 Å². The highest BCUT2D eigenvalue weighted by Crippen LogP contribution is 2.07. The summed E-state index contributed by atoms with van der Waals surface area (Å²) in [5, 5.41) is 0. The Morgan fingerprint density at radius 3 is 2.62 bits per heavy atom. The van der Waals surface area contributed by atoms with Crippen LogP contribution in [0.5, 0.6) is 0 Å². The molecule has 0 N–H and O–H groups in total. The van der Waals surface area contributed by atoms with Crippen molar-refractivity contribution in [3.05, 3.63) is 23.8 Å². The molecule has 0 aliphatic rings. The smallest absolute Gasteiger partial charge is 0.338 e. The molecule has 3 heteroatoms. The second-order valence-electron chi connectivity index (χ2n) is 2.49. The van der Waals surface area contributed by atoms with Gasteiger partial charge in [0.05, 0.1) is 12.2 Å². The zero-order valence-corrected chi connectivity index (χ0v) is 8.33. The van der Waals surface area contributed by atoms with E-state index in [1.807, 2.05) is 0 Å². The topological polar surface area (TPSA) is 38.7 Å². The van der Waals surface area contributed by atoms with E-state index in [0.29, 0.717) is 17.8 Å². The van der Waals surface area contributed by atoms with E-state index in [-0.39, 0.29) is 5.97 Å². The van der Waals surface area contributed by atoms with Gasteiger partial charge in [-0.3, -0.25) is 4.99 Å². The fraction of sp³-hybridized carbons (Fsp3) is 0.400. The number of ether oxygens (including phenoxy) is 1. The van der Waals surface area contributed by atoms with Crippen molar-refractivity contribution in [2.45, 2.75) is 13.8 Å². The van der Waals surface area contributed by atoms with Crippen LogP contribution in [0.3, 0.4) is 0 Å². The van der Waals surface area contributed by atoms with Crippen molar-refractivity contribution >= 4 is 12.2 Å². The Bertz CT molecular complexity index is 252. The summed E-state index contributed by atoms with van der Waals surface area (Å²) < 4.78 is 4.83. The van der Waals surface area contributed by atoms with Gasteiger partial charge in [-0.25, -0.2) is 4.79 Å². The highest BCUT2D eigenvalue weighted by atomic mass is 16.5. The third-order valence-corrected chi connectivity index (χ3v) is 1.35. The summed E-state index contributed by atoms with van der Waals surface area (Å²) in [6.45, 7) is 7.57. The van der Waals surface area contributed by atoms with Gasteiger partial charge in [0.25, 0.3) is 0 Å². The zero-order chi connectivity index (χ0) is 10.3. The molecule has 0 saturated heterocycles. The van der Waals surface area contributed by atoms with Crippen molar-refractivity contribution in [3.8, 4) is 0 Å². The molecule has 0 aromatic heterocycles. The van der Waals surface area contributed by atoms with E-state index < -0.39 is 0 Å². The number of hydrogen-bond donors (Lipinski definition) is 0. The van der Waals surface area contributed by atoms with Crippen LogP contribution in [-0.4, -0.2) is 25.8 Å². The second kappa shape index (κ2) is 6.17. The first-order valence-corrected chi connectivity index (χ1v) is 4.09. The van der Waals surface area contributed by atoms with Crippen molar-refractivity contribution in [2.75, 3.05) is 13.7 Å². The Morgan fingerprint density at radius 1 is 1.62 bits per heavy atom. The highest BCUT2D eigenvalue weighted by Gasteiger charge is 2.09. The number of carbonyl (C=O) groups excluding carboxylic acids is 1. The average Bonchev–Trinajstić information content (AvgIpc) is 2.05. The van der Waals surface area contributed by atoms with Crippen LogP contribution in [0.4, 0.5) is 0 Å². The van der Waals surface area contributed by atoms with Gasteiger partial charge in [0, 0.05) is 13.3 Å². The Morgan fingerprint density at radius 2 is 2.23 bits per heavy atom. The Kier molecular flexibility index (Phi) is 5.52. The molecule has 0 amide bonds. The lowest BCUT2D eigenvalue weighted by Crippen LogP contribution is -2.08. The molecule has 0 unspecified atom stereocenters. The average molecular weight is 181 g/mol. The molecule has 0 aromatic rings. The molecule has 0 fully saturated rings. The molecule has 13 heavy (non-hydrogen) atoms. The van der Waals surface area contributed by atoms with Crippen molar-refractivity contribution in [3.63, 3.8) is 0 Å². The summed E-state index contributed by atoms with van der Waals surface area (Å²) in [7, 11) is 1.64. The van der Waals surface area contributed by atoms with Crippen LogP contribution in [-0.2, 0) is 9.53 Å². The molecule has 0 aromatic carbocycles. The molecule has 0 radical (unpaired) electrons. The van der Waals surface area contributed by atoms with Gasteiger partial charge >= 0.3 is 5.97 Å². The molecule has 0 bridgehead atoms. The SMILES string of the molecule is C=C(C)/C(=C\C=NC)C(=O)OCC. The predicted molar refractivity (Wildman–Crippen MR) is 53.9 cm³/mol. The minimum Gasteiger partial charge on any atom is -0.462 e. The van der Waals surface area contributed by atoms with E-state index in [0.717, 1.165) is 0 Å². The molecular formula is C10H15NO2. The molecule has 0 aliphatic carbocycles. The minimum atomic E-state index is -0.352. The molecule has 0 atom stereocenters. The molecular weight excluding hydrogens is 166 g/mol. The summed E-state index contributed by atoms with van der Waals surface area (Å²) in [5.41, 5.74) is 1.14. The van der Waals surface area contributed by atoms with Gasteiger partial charge < -0.3 is 4.74 Å². The first-order valence-electron chi connectivity index (χ1n) is 4.09. The zero-order valence-electron chi connectivity index (χ0n) is 8.33. The minimum absolute atomic E-state index is 0.352. The normalized spacial score (nSPS) is 11.8. The summed E-state index contributed by atoms with van der Waals surface area (Å²) in [6, 6.07) is 0. The molecule has 0 saturated carbocycles. The first-order chi connectivity index (χ1) is 6.13. The summed E-state index contributed by atoms with van der Waals surface area (Å²) in [4.78, 5) is 15.0. The van der Waals surface area contributed by atoms with Crippen LogP contribution in [0, 0.1) is 0 Å². The monoisotopic (exact) mass is 181 g/mol. The molecule has 0 spiro atoms. The lowest BCUT2D eigenvalue weighted by Gasteiger charge is -2.04. The van der Waals surface area contributed by atoms with Crippen LogP contribution < -0.4 is 0 Å². The number of rotatable bonds is 4. The molecule has 0 aliphatic heterocycles. The number of hydrogen-bond acceptors (Lipinski definition) is 3. The van der Waals surface area contributed by atoms with Gasteiger partial charge in [-0.15, -0.1) is 0 Å². The van der Waals surface area contributed by atoms with E-state index in [2.05, 4.69) is 11.6 Å². The molecule has 0 heterocycles. The fourth-order valence-corrected chi connectivity index (χ4v) is 0.742. The second-order valence-corrected chi connectivity index (χ2v) is 2.49. The Labute approximate surface area is 78.8 Å². The van der Waals surface area contributed by atoms with Crippen LogP contribution in [0.25, 0.3) is 0 Å². The Hall–Kier alpha value is -1.38. The third-order valence-electron chi connectivity index (χ3n) is 1.35. The van der Waals surface area contributed by atoms with E-state index in [1.165, 1.54) is 0 Å². The van der Waals surface area contributed by atoms with Crippen LogP contribution >= 0.6 is 0 Å². The number of carbonyl (C=O) groups is 1. The van der Waals surface area contributed by atoms with E-state index in [4.69, 9.17) is 4.74 Å². The number of allylic oxidation sites excluding steroid dienone is 1. The third kappa shape index (κ3) is 4.25. The first kappa shape index (κ1) is 11.6. The molecule has 0 rings (SSSR count). The van der Waals surface area contributed by atoms with Gasteiger partial charge in [0.2, 0.25) is 0 Å². The fourth-order valence-electron chi connectivity index (χ4n) is 0.742. The molecule has 3 nitrogen and oxygen atoms in total. The van der Waals surface area contributed by atoms with Gasteiger partial charge in [-0.05, 0) is 25.5 Å². The van der Waals surface area contributed by atoms with Gasteiger partial charge in [0.1, 0.15) is 0 Å². The summed E-state index contributed by atoms with van der Waals surface area (Å²) in [5.74, 6) is -0.352. The van der Waals surface area contributed by atoms with Crippen LogP contribution in [0.15, 0.2) is 28.8 Å². The lowest BCUT2D eigenvalue weighted by molar-refractivity contribution is -0.138. The van der Waals surface area contributed by atoms with Crippen molar-refractivity contribution in [1.29, 1.82) is 0 Å². The number of aliphatic imine (C=N–C) groups is 1. The van der Waals surface area contributed by atoms with E-state index in [9.17, 15) is 4.79 Å². The van der Waals surface area contributed by atoms with Crippen molar-refractivity contribution < 1.29 is 9.53 Å². The lowest BCUT2D eigenvalue weighted by atomic mass is 10.1. The van der Waals surface area contributed by atoms with Crippen molar-refractivity contribution in [2.24, 2.45) is 4.99 Å².